The first-order valence-electron chi connectivity index (χ1n) is 17.4. The molecular formula is C46H28N4O2. The van der Waals surface area contributed by atoms with Crippen molar-refractivity contribution in [3.8, 4) is 39.6 Å². The largest absolute Gasteiger partial charge is 0.456 e. The zero-order valence-corrected chi connectivity index (χ0v) is 28.0. The highest BCUT2D eigenvalue weighted by atomic mass is 16.3. The number of fused-ring (bicyclic) bond motifs is 9. The number of para-hydroxylation sites is 3. The van der Waals surface area contributed by atoms with Gasteiger partial charge in [-0.1, -0.05) is 91.0 Å². The Morgan fingerprint density at radius 3 is 1.94 bits per heavy atom. The van der Waals surface area contributed by atoms with E-state index in [1.807, 2.05) is 49.4 Å². The van der Waals surface area contributed by atoms with E-state index in [0.717, 1.165) is 82.9 Å². The van der Waals surface area contributed by atoms with E-state index in [4.69, 9.17) is 23.8 Å². The van der Waals surface area contributed by atoms with Crippen molar-refractivity contribution in [2.45, 2.75) is 6.92 Å². The van der Waals surface area contributed by atoms with Crippen molar-refractivity contribution in [3.63, 3.8) is 0 Å². The highest BCUT2D eigenvalue weighted by molar-refractivity contribution is 6.13. The maximum Gasteiger partial charge on any atom is 0.164 e. The van der Waals surface area contributed by atoms with E-state index in [1.54, 1.807) is 0 Å². The third-order valence-electron chi connectivity index (χ3n) is 10.1. The lowest BCUT2D eigenvalue weighted by molar-refractivity contribution is 0.668. The van der Waals surface area contributed by atoms with Gasteiger partial charge in [0.2, 0.25) is 0 Å². The van der Waals surface area contributed by atoms with Gasteiger partial charge in [-0.15, -0.1) is 0 Å². The summed E-state index contributed by atoms with van der Waals surface area (Å²) < 4.78 is 14.6. The van der Waals surface area contributed by atoms with Crippen LogP contribution in [0.3, 0.4) is 0 Å². The van der Waals surface area contributed by atoms with Crippen molar-refractivity contribution in [2.75, 3.05) is 0 Å². The van der Waals surface area contributed by atoms with Gasteiger partial charge in [0.25, 0.3) is 0 Å². The van der Waals surface area contributed by atoms with Crippen LogP contribution in [0, 0.1) is 6.92 Å². The Kier molecular flexibility index (Phi) is 6.07. The number of rotatable bonds is 4. The Labute approximate surface area is 297 Å². The van der Waals surface area contributed by atoms with Crippen molar-refractivity contribution < 1.29 is 8.83 Å². The third-order valence-corrected chi connectivity index (χ3v) is 10.1. The van der Waals surface area contributed by atoms with Gasteiger partial charge in [0.05, 0.1) is 11.0 Å². The summed E-state index contributed by atoms with van der Waals surface area (Å²) >= 11 is 0. The second kappa shape index (κ2) is 11.0. The monoisotopic (exact) mass is 668 g/mol. The highest BCUT2D eigenvalue weighted by Gasteiger charge is 2.18. The van der Waals surface area contributed by atoms with Crippen LogP contribution in [-0.2, 0) is 0 Å². The number of nitrogens with zero attached hydrogens (tertiary/aromatic N) is 4. The molecule has 0 aliphatic heterocycles. The Morgan fingerprint density at radius 1 is 0.423 bits per heavy atom. The second-order valence-electron chi connectivity index (χ2n) is 13.3. The van der Waals surface area contributed by atoms with Gasteiger partial charge in [0, 0.05) is 49.1 Å². The number of hydrogen-bond acceptors (Lipinski definition) is 5. The average Bonchev–Trinajstić information content (AvgIpc) is 3.87. The van der Waals surface area contributed by atoms with Crippen molar-refractivity contribution in [3.05, 3.63) is 157 Å². The van der Waals surface area contributed by atoms with Crippen LogP contribution in [0.15, 0.2) is 160 Å². The Bertz CT molecular complexity index is 3220. The second-order valence-corrected chi connectivity index (χ2v) is 13.3. The maximum absolute atomic E-state index is 6.17. The molecule has 0 bridgehead atoms. The van der Waals surface area contributed by atoms with Crippen LogP contribution in [0.2, 0.25) is 0 Å². The summed E-state index contributed by atoms with van der Waals surface area (Å²) in [7, 11) is 0. The molecule has 0 amide bonds. The van der Waals surface area contributed by atoms with Gasteiger partial charge >= 0.3 is 0 Å². The van der Waals surface area contributed by atoms with Gasteiger partial charge in [-0.2, -0.15) is 0 Å². The van der Waals surface area contributed by atoms with E-state index in [1.165, 1.54) is 10.8 Å². The molecule has 0 N–H and O–H groups in total. The minimum atomic E-state index is 0.621. The van der Waals surface area contributed by atoms with Crippen LogP contribution >= 0.6 is 0 Å². The average molecular weight is 669 g/mol. The molecule has 6 nitrogen and oxygen atoms in total. The van der Waals surface area contributed by atoms with Gasteiger partial charge in [-0.05, 0) is 78.7 Å². The normalized spacial score (nSPS) is 11.9. The molecule has 0 atom stereocenters. The molecule has 0 radical (unpaired) electrons. The Hall–Kier alpha value is -7.05. The van der Waals surface area contributed by atoms with E-state index >= 15 is 0 Å². The fraction of sp³-hybridized carbons (Fsp3) is 0.0217. The van der Waals surface area contributed by atoms with Gasteiger partial charge in [-0.25, -0.2) is 15.0 Å². The first kappa shape index (κ1) is 28.8. The van der Waals surface area contributed by atoms with Gasteiger partial charge in [0.15, 0.2) is 11.6 Å². The van der Waals surface area contributed by atoms with E-state index in [0.29, 0.717) is 17.5 Å². The van der Waals surface area contributed by atoms with Crippen LogP contribution in [0.1, 0.15) is 5.82 Å². The van der Waals surface area contributed by atoms with Crippen LogP contribution in [0.25, 0.3) is 105 Å². The van der Waals surface area contributed by atoms with Crippen molar-refractivity contribution in [1.29, 1.82) is 0 Å². The summed E-state index contributed by atoms with van der Waals surface area (Å²) in [5, 5.41) is 6.68. The molecule has 6 heteroatoms. The number of hydrogen-bond donors (Lipinski definition) is 0. The van der Waals surface area contributed by atoms with Crippen LogP contribution in [0.5, 0.6) is 0 Å². The lowest BCUT2D eigenvalue weighted by Gasteiger charge is -2.11. The Morgan fingerprint density at radius 2 is 1.06 bits per heavy atom. The third kappa shape index (κ3) is 4.34. The molecule has 0 saturated carbocycles. The van der Waals surface area contributed by atoms with Crippen LogP contribution in [-0.4, -0.2) is 19.5 Å². The minimum absolute atomic E-state index is 0.621. The maximum atomic E-state index is 6.17. The smallest absolute Gasteiger partial charge is 0.164 e. The van der Waals surface area contributed by atoms with Gasteiger partial charge in [0.1, 0.15) is 28.2 Å². The van der Waals surface area contributed by atoms with Crippen molar-refractivity contribution in [1.82, 2.24) is 19.5 Å². The molecule has 0 aliphatic rings. The summed E-state index contributed by atoms with van der Waals surface area (Å²) in [5.74, 6) is 1.90. The first-order valence-corrected chi connectivity index (χ1v) is 17.4. The highest BCUT2D eigenvalue weighted by Crippen LogP contribution is 2.39. The molecule has 52 heavy (non-hydrogen) atoms. The number of aromatic nitrogens is 4. The fourth-order valence-corrected chi connectivity index (χ4v) is 7.81. The molecule has 4 heterocycles. The molecule has 0 fully saturated rings. The summed E-state index contributed by atoms with van der Waals surface area (Å²) in [6.45, 7) is 1.92. The summed E-state index contributed by atoms with van der Waals surface area (Å²) in [4.78, 5) is 14.7. The van der Waals surface area contributed by atoms with Gasteiger partial charge in [-0.3, -0.25) is 0 Å². The molecule has 0 saturated heterocycles. The standard InChI is InChI=1S/C46H28N4O2/c1-27-47-45(49-46(48-27)35-15-9-19-43-44(35)34-14-4-7-18-41(34)52-43)30-10-8-11-31(24-30)50-38-16-5-2-12-32(38)36-25-28(20-22-39(36)50)29-21-23-42-37(26-29)33-13-3-6-17-40(33)51-42/h2-26H,1H3. The Balaban J connectivity index is 1.04. The predicted octanol–water partition coefficient (Wildman–Crippen LogP) is 12.1. The molecule has 11 aromatic rings. The molecule has 7 aromatic carbocycles. The lowest BCUT2D eigenvalue weighted by Crippen LogP contribution is -2.01. The number of aryl methyl sites for hydroxylation is 1. The molecular weight excluding hydrogens is 641 g/mol. The molecule has 0 spiro atoms. The summed E-state index contributed by atoms with van der Waals surface area (Å²) in [6, 6.07) is 52.6. The van der Waals surface area contributed by atoms with Crippen molar-refractivity contribution in [2.24, 2.45) is 0 Å². The molecule has 0 unspecified atom stereocenters. The predicted molar refractivity (Wildman–Crippen MR) is 210 cm³/mol. The zero-order valence-electron chi connectivity index (χ0n) is 28.0. The summed E-state index contributed by atoms with van der Waals surface area (Å²) in [6.07, 6.45) is 0. The topological polar surface area (TPSA) is 69.9 Å². The fourth-order valence-electron chi connectivity index (χ4n) is 7.81. The SMILES string of the molecule is Cc1nc(-c2cccc(-n3c4ccccc4c4cc(-c5ccc6oc7ccccc7c6c5)ccc43)c2)nc(-c2cccc3oc4ccccc4c23)n1. The van der Waals surface area contributed by atoms with Crippen LogP contribution < -0.4 is 0 Å². The molecule has 4 aromatic heterocycles. The number of furan rings is 2. The summed E-state index contributed by atoms with van der Waals surface area (Å²) in [5.41, 5.74) is 10.9. The quantitative estimate of drug-likeness (QED) is 0.187. The van der Waals surface area contributed by atoms with Gasteiger partial charge < -0.3 is 13.4 Å². The van der Waals surface area contributed by atoms with Crippen molar-refractivity contribution >= 4 is 65.7 Å². The number of benzene rings is 7. The minimum Gasteiger partial charge on any atom is -0.456 e. The van der Waals surface area contributed by atoms with E-state index in [2.05, 4.69) is 114 Å². The molecule has 11 rings (SSSR count). The zero-order chi connectivity index (χ0) is 34.3. The molecule has 244 valence electrons. The van der Waals surface area contributed by atoms with E-state index < -0.39 is 0 Å². The first-order chi connectivity index (χ1) is 25.7. The van der Waals surface area contributed by atoms with E-state index in [-0.39, 0.29) is 0 Å². The molecule has 0 aliphatic carbocycles. The van der Waals surface area contributed by atoms with E-state index in [9.17, 15) is 0 Å². The van der Waals surface area contributed by atoms with Crippen LogP contribution in [0.4, 0.5) is 0 Å². The lowest BCUT2D eigenvalue weighted by atomic mass is 10.0.